The molecule has 6 nitrogen and oxygen atoms in total. The van der Waals surface area contributed by atoms with Crippen molar-refractivity contribution in [2.45, 2.75) is 0 Å². The molecule has 0 aromatic heterocycles. The van der Waals surface area contributed by atoms with Crippen molar-refractivity contribution in [3.63, 3.8) is 0 Å². The number of amides is 1. The van der Waals surface area contributed by atoms with Crippen LogP contribution in [-0.4, -0.2) is 20.6 Å². The molecule has 0 heterocycles. The van der Waals surface area contributed by atoms with Crippen LogP contribution in [0.2, 0.25) is 0 Å². The fraction of sp³-hybridized carbons (Fsp3) is 0. The first kappa shape index (κ1) is 13.7. The summed E-state index contributed by atoms with van der Waals surface area (Å²) in [7, 11) is -4.64. The maximum Gasteiger partial charge on any atom is 0.466 e. The molecule has 1 aromatic carbocycles. The van der Waals surface area contributed by atoms with E-state index >= 15 is 0 Å². The Balaban J connectivity index is 0.000000336. The molecule has 0 saturated heterocycles. The van der Waals surface area contributed by atoms with Crippen molar-refractivity contribution in [3.8, 4) is 0 Å². The van der Waals surface area contributed by atoms with E-state index < -0.39 is 19.5 Å². The molecule has 0 bridgehead atoms. The van der Waals surface area contributed by atoms with Crippen LogP contribution in [0, 0.1) is 5.82 Å². The van der Waals surface area contributed by atoms with E-state index in [1.165, 1.54) is 18.2 Å². The van der Waals surface area contributed by atoms with E-state index in [0.717, 1.165) is 0 Å². The molecule has 1 rings (SSSR count). The van der Waals surface area contributed by atoms with Gasteiger partial charge in [-0.3, -0.25) is 4.79 Å². The Morgan fingerprint density at radius 2 is 1.67 bits per heavy atom. The first-order chi connectivity index (χ1) is 6.72. The maximum absolute atomic E-state index is 12.5. The number of rotatable bonds is 1. The van der Waals surface area contributed by atoms with Crippen LogP contribution in [0.25, 0.3) is 0 Å². The second kappa shape index (κ2) is 5.57. The molecular weight excluding hydrogens is 228 g/mol. The molecule has 1 aromatic rings. The number of phosphoric acid groups is 1. The van der Waals surface area contributed by atoms with Gasteiger partial charge in [0, 0.05) is 0 Å². The van der Waals surface area contributed by atoms with E-state index in [1.54, 1.807) is 6.07 Å². The number of hydrogen-bond acceptors (Lipinski definition) is 2. The fourth-order valence-electron chi connectivity index (χ4n) is 0.661. The lowest BCUT2D eigenvalue weighted by Crippen LogP contribution is -2.12. The van der Waals surface area contributed by atoms with Gasteiger partial charge >= 0.3 is 7.82 Å². The molecule has 0 radical (unpaired) electrons. The number of halogens is 1. The van der Waals surface area contributed by atoms with Crippen LogP contribution in [-0.2, 0) is 4.57 Å². The molecule has 15 heavy (non-hydrogen) atoms. The summed E-state index contributed by atoms with van der Waals surface area (Å²) in [6, 6.07) is 5.60. The first-order valence-electron chi connectivity index (χ1n) is 3.54. The second-order valence-electron chi connectivity index (χ2n) is 2.36. The van der Waals surface area contributed by atoms with Gasteiger partial charge in [0.05, 0.1) is 5.56 Å². The van der Waals surface area contributed by atoms with E-state index in [2.05, 4.69) is 0 Å². The molecule has 0 aliphatic carbocycles. The third kappa shape index (κ3) is 7.77. The van der Waals surface area contributed by atoms with Crippen molar-refractivity contribution >= 4 is 13.7 Å². The molecule has 0 aliphatic heterocycles. The number of hydrogen-bond donors (Lipinski definition) is 4. The minimum atomic E-state index is -4.64. The van der Waals surface area contributed by atoms with Gasteiger partial charge in [-0.2, -0.15) is 0 Å². The third-order valence-corrected chi connectivity index (χ3v) is 1.14. The molecule has 8 heteroatoms. The summed E-state index contributed by atoms with van der Waals surface area (Å²) < 4.78 is 21.4. The van der Waals surface area contributed by atoms with Gasteiger partial charge in [-0.1, -0.05) is 12.1 Å². The quantitative estimate of drug-likeness (QED) is 0.512. The minimum Gasteiger partial charge on any atom is -0.366 e. The fourth-order valence-corrected chi connectivity index (χ4v) is 0.661. The Morgan fingerprint density at radius 1 is 1.27 bits per heavy atom. The van der Waals surface area contributed by atoms with E-state index in [1.807, 2.05) is 0 Å². The molecule has 0 aliphatic rings. The molecule has 0 saturated carbocycles. The van der Waals surface area contributed by atoms with E-state index in [0.29, 0.717) is 0 Å². The Kier molecular flexibility index (Phi) is 5.10. The zero-order valence-corrected chi connectivity index (χ0v) is 8.26. The van der Waals surface area contributed by atoms with Crippen molar-refractivity contribution < 1.29 is 28.4 Å². The van der Waals surface area contributed by atoms with Gasteiger partial charge in [-0.05, 0) is 12.1 Å². The largest absolute Gasteiger partial charge is 0.466 e. The monoisotopic (exact) mass is 237 g/mol. The highest BCUT2D eigenvalue weighted by molar-refractivity contribution is 7.45. The Bertz CT molecular complexity index is 382. The normalized spacial score (nSPS) is 10.1. The van der Waals surface area contributed by atoms with E-state index in [9.17, 15) is 9.18 Å². The van der Waals surface area contributed by atoms with Crippen LogP contribution in [0.5, 0.6) is 0 Å². The molecule has 1 amide bonds. The lowest BCUT2D eigenvalue weighted by molar-refractivity contribution is 0.0996. The SMILES string of the molecule is NC(=O)c1ccccc1F.O=P(O)(O)O. The van der Waals surface area contributed by atoms with Crippen molar-refractivity contribution in [2.75, 3.05) is 0 Å². The van der Waals surface area contributed by atoms with Gasteiger partial charge in [-0.25, -0.2) is 8.96 Å². The highest BCUT2D eigenvalue weighted by Gasteiger charge is 2.04. The highest BCUT2D eigenvalue weighted by Crippen LogP contribution is 2.25. The zero-order chi connectivity index (χ0) is 12.1. The average Bonchev–Trinajstić information content (AvgIpc) is 2.01. The van der Waals surface area contributed by atoms with Crippen LogP contribution < -0.4 is 5.73 Å². The van der Waals surface area contributed by atoms with Gasteiger partial charge < -0.3 is 20.4 Å². The Labute approximate surface area is 84.4 Å². The van der Waals surface area contributed by atoms with Crippen LogP contribution >= 0.6 is 7.82 Å². The minimum absolute atomic E-state index is 0.0671. The first-order valence-corrected chi connectivity index (χ1v) is 5.11. The van der Waals surface area contributed by atoms with Crippen LogP contribution in [0.15, 0.2) is 24.3 Å². The molecule has 84 valence electrons. The van der Waals surface area contributed by atoms with Gasteiger partial charge in [-0.15, -0.1) is 0 Å². The zero-order valence-electron chi connectivity index (χ0n) is 7.37. The van der Waals surface area contributed by atoms with Crippen molar-refractivity contribution in [1.29, 1.82) is 0 Å². The van der Waals surface area contributed by atoms with Gasteiger partial charge in [0.2, 0.25) is 0 Å². The third-order valence-electron chi connectivity index (χ3n) is 1.14. The molecule has 0 spiro atoms. The van der Waals surface area contributed by atoms with E-state index in [-0.39, 0.29) is 5.56 Å². The molecule has 0 unspecified atom stereocenters. The molecule has 0 atom stereocenters. The van der Waals surface area contributed by atoms with Crippen LogP contribution in [0.3, 0.4) is 0 Å². The lowest BCUT2D eigenvalue weighted by Gasteiger charge is -1.94. The Hall–Kier alpha value is -1.27. The van der Waals surface area contributed by atoms with Crippen LogP contribution in [0.1, 0.15) is 10.4 Å². The summed E-state index contributed by atoms with van der Waals surface area (Å²) in [5.41, 5.74) is 4.77. The summed E-state index contributed by atoms with van der Waals surface area (Å²) in [5.74, 6) is -1.31. The smallest absolute Gasteiger partial charge is 0.366 e. The predicted molar refractivity (Wildman–Crippen MR) is 49.2 cm³/mol. The second-order valence-corrected chi connectivity index (χ2v) is 3.38. The van der Waals surface area contributed by atoms with E-state index in [4.69, 9.17) is 25.0 Å². The molecule has 5 N–H and O–H groups in total. The summed E-state index contributed by atoms with van der Waals surface area (Å²) >= 11 is 0. The maximum atomic E-state index is 12.5. The Morgan fingerprint density at radius 3 is 1.93 bits per heavy atom. The summed E-state index contributed by atoms with van der Waals surface area (Å²) in [6.07, 6.45) is 0. The predicted octanol–water partition coefficient (Wildman–Crippen LogP) is -0.00400. The number of carbonyl (C=O) groups excluding carboxylic acids is 1. The van der Waals surface area contributed by atoms with Gasteiger partial charge in [0.15, 0.2) is 0 Å². The summed E-state index contributed by atoms with van der Waals surface area (Å²) in [5, 5.41) is 0. The number of benzene rings is 1. The molecule has 0 fully saturated rings. The topological polar surface area (TPSA) is 121 Å². The number of carbonyl (C=O) groups is 1. The standard InChI is InChI=1S/C7H6FNO.H3O4P/c8-6-4-2-1-3-5(6)7(9)10;1-5(2,3)4/h1-4H,(H2,9,10);(H3,1,2,3,4). The summed E-state index contributed by atoms with van der Waals surface area (Å²) in [4.78, 5) is 32.0. The van der Waals surface area contributed by atoms with Gasteiger partial charge in [0.1, 0.15) is 5.82 Å². The number of nitrogens with two attached hydrogens (primary N) is 1. The van der Waals surface area contributed by atoms with Crippen molar-refractivity contribution in [3.05, 3.63) is 35.6 Å². The average molecular weight is 237 g/mol. The van der Waals surface area contributed by atoms with Crippen molar-refractivity contribution in [2.24, 2.45) is 5.73 Å². The lowest BCUT2D eigenvalue weighted by atomic mass is 10.2. The summed E-state index contributed by atoms with van der Waals surface area (Å²) in [6.45, 7) is 0. The number of primary amides is 1. The molecular formula is C7H9FNO5P. The highest BCUT2D eigenvalue weighted by atomic mass is 31.2. The van der Waals surface area contributed by atoms with Crippen LogP contribution in [0.4, 0.5) is 4.39 Å². The van der Waals surface area contributed by atoms with Gasteiger partial charge in [0.25, 0.3) is 5.91 Å². The van der Waals surface area contributed by atoms with Crippen molar-refractivity contribution in [1.82, 2.24) is 0 Å².